The van der Waals surface area contributed by atoms with Gasteiger partial charge in [0, 0.05) is 13.0 Å². The summed E-state index contributed by atoms with van der Waals surface area (Å²) in [5.74, 6) is 0.504. The number of nitrogens with zero attached hydrogens (tertiary/aromatic N) is 3. The van der Waals surface area contributed by atoms with E-state index in [-0.39, 0.29) is 18.0 Å². The zero-order valence-corrected chi connectivity index (χ0v) is 11.6. The van der Waals surface area contributed by atoms with Crippen LogP contribution in [0.25, 0.3) is 0 Å². The summed E-state index contributed by atoms with van der Waals surface area (Å²) in [5.41, 5.74) is 0. The van der Waals surface area contributed by atoms with E-state index in [2.05, 4.69) is 25.7 Å². The average molecular weight is 279 g/mol. The molecule has 0 bridgehead atoms. The summed E-state index contributed by atoms with van der Waals surface area (Å²) in [4.78, 5) is 14.1. The molecule has 2 aliphatic heterocycles. The van der Waals surface area contributed by atoms with Gasteiger partial charge in [0.05, 0.1) is 6.04 Å². The molecule has 1 atom stereocenters. The minimum Gasteiger partial charge on any atom is -0.406 e. The van der Waals surface area contributed by atoms with Crippen molar-refractivity contribution < 1.29 is 9.21 Å². The first-order valence-corrected chi connectivity index (χ1v) is 7.40. The van der Waals surface area contributed by atoms with Gasteiger partial charge in [-0.1, -0.05) is 5.10 Å². The van der Waals surface area contributed by atoms with E-state index in [1.807, 2.05) is 0 Å². The van der Waals surface area contributed by atoms with Crippen molar-refractivity contribution in [3.05, 3.63) is 5.89 Å². The molecule has 2 N–H and O–H groups in total. The van der Waals surface area contributed by atoms with E-state index >= 15 is 0 Å². The van der Waals surface area contributed by atoms with E-state index in [4.69, 9.17) is 4.42 Å². The Morgan fingerprint density at radius 2 is 2.20 bits per heavy atom. The van der Waals surface area contributed by atoms with Crippen molar-refractivity contribution in [2.24, 2.45) is 0 Å². The van der Waals surface area contributed by atoms with Gasteiger partial charge in [0.2, 0.25) is 11.8 Å². The van der Waals surface area contributed by atoms with E-state index in [9.17, 15) is 4.79 Å². The van der Waals surface area contributed by atoms with Crippen molar-refractivity contribution in [3.63, 3.8) is 0 Å². The van der Waals surface area contributed by atoms with Crippen LogP contribution in [0.15, 0.2) is 4.42 Å². The summed E-state index contributed by atoms with van der Waals surface area (Å²) in [6, 6.07) is 0.345. The minimum absolute atomic E-state index is 0.0634. The lowest BCUT2D eigenvalue weighted by Gasteiger charge is -2.12. The van der Waals surface area contributed by atoms with Gasteiger partial charge in [-0.05, 0) is 45.3 Å². The fourth-order valence-electron chi connectivity index (χ4n) is 2.77. The quantitative estimate of drug-likeness (QED) is 0.834. The highest BCUT2D eigenvalue weighted by Gasteiger charge is 2.22. The molecule has 7 heteroatoms. The Hall–Kier alpha value is -1.47. The van der Waals surface area contributed by atoms with Gasteiger partial charge in [-0.2, -0.15) is 0 Å². The Bertz CT molecular complexity index is 449. The van der Waals surface area contributed by atoms with Crippen molar-refractivity contribution in [3.8, 4) is 0 Å². The lowest BCUT2D eigenvalue weighted by molar-refractivity contribution is -0.116. The molecule has 1 unspecified atom stereocenters. The Balaban J connectivity index is 1.45. The number of carbonyl (C=O) groups excluding carboxylic acids is 1. The maximum atomic E-state index is 11.8. The summed E-state index contributed by atoms with van der Waals surface area (Å²) < 4.78 is 5.48. The Kier molecular flexibility index (Phi) is 4.27. The summed E-state index contributed by atoms with van der Waals surface area (Å²) >= 11 is 0. The smallest absolute Gasteiger partial charge is 0.322 e. The van der Waals surface area contributed by atoms with Gasteiger partial charge in [-0.25, -0.2) is 0 Å². The van der Waals surface area contributed by atoms with Gasteiger partial charge in [-0.15, -0.1) is 5.10 Å². The minimum atomic E-state index is -0.0634. The van der Waals surface area contributed by atoms with Gasteiger partial charge in [0.25, 0.3) is 0 Å². The van der Waals surface area contributed by atoms with E-state index in [0.717, 1.165) is 39.0 Å². The molecule has 2 saturated heterocycles. The van der Waals surface area contributed by atoms with E-state index in [1.165, 1.54) is 12.8 Å². The number of aromatic nitrogens is 2. The van der Waals surface area contributed by atoms with Crippen LogP contribution in [-0.4, -0.2) is 47.2 Å². The molecule has 2 aliphatic rings. The Labute approximate surface area is 118 Å². The second kappa shape index (κ2) is 6.32. The number of rotatable bonds is 5. The van der Waals surface area contributed by atoms with Gasteiger partial charge < -0.3 is 14.6 Å². The molecule has 20 heavy (non-hydrogen) atoms. The molecule has 0 saturated carbocycles. The second-order valence-electron chi connectivity index (χ2n) is 5.44. The molecule has 1 aromatic rings. The SMILES string of the molecule is O=C(CCN1CCCC1)Nc1nnc(C2CCCN2)o1. The van der Waals surface area contributed by atoms with E-state index in [0.29, 0.717) is 12.3 Å². The number of anilines is 1. The summed E-state index contributed by atoms with van der Waals surface area (Å²) in [7, 11) is 0. The van der Waals surface area contributed by atoms with Crippen LogP contribution in [0.3, 0.4) is 0 Å². The maximum absolute atomic E-state index is 11.8. The highest BCUT2D eigenvalue weighted by Crippen LogP contribution is 2.22. The molecule has 7 nitrogen and oxygen atoms in total. The highest BCUT2D eigenvalue weighted by atomic mass is 16.4. The van der Waals surface area contributed by atoms with Crippen LogP contribution in [-0.2, 0) is 4.79 Å². The molecule has 0 aliphatic carbocycles. The molecular formula is C13H21N5O2. The number of hydrogen-bond donors (Lipinski definition) is 2. The van der Waals surface area contributed by atoms with Crippen molar-refractivity contribution >= 4 is 11.9 Å². The van der Waals surface area contributed by atoms with Crippen molar-refractivity contribution in [1.29, 1.82) is 0 Å². The number of amides is 1. The van der Waals surface area contributed by atoms with Crippen molar-refractivity contribution in [2.45, 2.75) is 38.1 Å². The molecule has 0 spiro atoms. The predicted molar refractivity (Wildman–Crippen MR) is 73.2 cm³/mol. The first-order chi connectivity index (χ1) is 9.81. The van der Waals surface area contributed by atoms with Crippen molar-refractivity contribution in [1.82, 2.24) is 20.4 Å². The van der Waals surface area contributed by atoms with Crippen LogP contribution >= 0.6 is 0 Å². The van der Waals surface area contributed by atoms with Gasteiger partial charge in [0.1, 0.15) is 0 Å². The van der Waals surface area contributed by atoms with Gasteiger partial charge >= 0.3 is 6.01 Å². The van der Waals surface area contributed by atoms with Crippen LogP contribution in [0.2, 0.25) is 0 Å². The zero-order chi connectivity index (χ0) is 13.8. The molecular weight excluding hydrogens is 258 g/mol. The average Bonchev–Trinajstić information content (AvgIpc) is 3.18. The molecule has 1 aromatic heterocycles. The predicted octanol–water partition coefficient (Wildman–Crippen LogP) is 0.918. The molecule has 0 aromatic carbocycles. The first kappa shape index (κ1) is 13.5. The number of nitrogens with one attached hydrogen (secondary N) is 2. The second-order valence-corrected chi connectivity index (χ2v) is 5.44. The largest absolute Gasteiger partial charge is 0.406 e. The Morgan fingerprint density at radius 3 is 2.95 bits per heavy atom. The van der Waals surface area contributed by atoms with Crippen LogP contribution in [0.1, 0.15) is 44.0 Å². The first-order valence-electron chi connectivity index (χ1n) is 7.40. The third-order valence-electron chi connectivity index (χ3n) is 3.90. The monoisotopic (exact) mass is 279 g/mol. The molecule has 1 amide bonds. The molecule has 3 rings (SSSR count). The Morgan fingerprint density at radius 1 is 1.35 bits per heavy atom. The third-order valence-corrected chi connectivity index (χ3v) is 3.90. The molecule has 3 heterocycles. The van der Waals surface area contributed by atoms with Crippen molar-refractivity contribution in [2.75, 3.05) is 31.5 Å². The zero-order valence-electron chi connectivity index (χ0n) is 11.6. The third kappa shape index (κ3) is 3.34. The fourth-order valence-corrected chi connectivity index (χ4v) is 2.77. The lowest BCUT2D eigenvalue weighted by atomic mass is 10.2. The highest BCUT2D eigenvalue weighted by molar-refractivity contribution is 5.88. The molecule has 0 radical (unpaired) electrons. The summed E-state index contributed by atoms with van der Waals surface area (Å²) in [5, 5.41) is 13.8. The lowest BCUT2D eigenvalue weighted by Crippen LogP contribution is -2.25. The maximum Gasteiger partial charge on any atom is 0.322 e. The fraction of sp³-hybridized carbons (Fsp3) is 0.769. The molecule has 110 valence electrons. The molecule has 2 fully saturated rings. The number of carbonyl (C=O) groups is 1. The van der Waals surface area contributed by atoms with Gasteiger partial charge in [0.15, 0.2) is 0 Å². The number of likely N-dealkylation sites (tertiary alicyclic amines) is 1. The summed E-state index contributed by atoms with van der Waals surface area (Å²) in [6.07, 6.45) is 5.07. The van der Waals surface area contributed by atoms with E-state index in [1.54, 1.807) is 0 Å². The van der Waals surface area contributed by atoms with Gasteiger partial charge in [-0.3, -0.25) is 10.1 Å². The summed E-state index contributed by atoms with van der Waals surface area (Å²) in [6.45, 7) is 3.98. The van der Waals surface area contributed by atoms with Crippen LogP contribution in [0.5, 0.6) is 0 Å². The standard InChI is InChI=1S/C13H21N5O2/c19-11(5-9-18-7-1-2-8-18)15-13-17-16-12(20-13)10-4-3-6-14-10/h10,14H,1-9H2,(H,15,17,19). The van der Waals surface area contributed by atoms with Crippen LogP contribution in [0, 0.1) is 0 Å². The van der Waals surface area contributed by atoms with E-state index < -0.39 is 0 Å². The topological polar surface area (TPSA) is 83.3 Å². The van der Waals surface area contributed by atoms with Crippen LogP contribution in [0.4, 0.5) is 6.01 Å². The normalized spacial score (nSPS) is 23.3. The number of hydrogen-bond acceptors (Lipinski definition) is 6. The van der Waals surface area contributed by atoms with Crippen LogP contribution < -0.4 is 10.6 Å².